The highest BCUT2D eigenvalue weighted by Crippen LogP contribution is 2.32. The summed E-state index contributed by atoms with van der Waals surface area (Å²) in [6.07, 6.45) is 0. The lowest BCUT2D eigenvalue weighted by Crippen LogP contribution is -3.12. The van der Waals surface area contributed by atoms with Crippen molar-refractivity contribution in [1.82, 2.24) is 10.3 Å². The van der Waals surface area contributed by atoms with Crippen LogP contribution in [0.2, 0.25) is 0 Å². The Kier molecular flexibility index (Phi) is 8.81. The average Bonchev–Trinajstić information content (AvgIpc) is 3.13. The summed E-state index contributed by atoms with van der Waals surface area (Å²) in [5.74, 6) is -1.35. The van der Waals surface area contributed by atoms with E-state index < -0.39 is 17.7 Å². The number of ether oxygens (including phenoxy) is 2. The van der Waals surface area contributed by atoms with Gasteiger partial charge >= 0.3 is 5.97 Å². The van der Waals surface area contributed by atoms with Crippen molar-refractivity contribution in [1.29, 1.82) is 0 Å². The van der Waals surface area contributed by atoms with Crippen molar-refractivity contribution in [2.45, 2.75) is 27.7 Å². The molecule has 168 valence electrons. The number of hydrogen-bond acceptors (Lipinski definition) is 5. The Balaban J connectivity index is 2.39. The van der Waals surface area contributed by atoms with Crippen molar-refractivity contribution in [3.63, 3.8) is 0 Å². The number of ketones is 1. The van der Waals surface area contributed by atoms with Gasteiger partial charge in [-0.05, 0) is 45.4 Å². The Hall–Kier alpha value is -3.13. The number of carbonyl (C=O) groups excluding carboxylic acids is 3. The third-order valence-corrected chi connectivity index (χ3v) is 5.24. The number of likely N-dealkylation sites (N-methyl/N-ethyl adjacent to an activating group) is 1. The highest BCUT2D eigenvalue weighted by atomic mass is 16.5. The van der Waals surface area contributed by atoms with Crippen LogP contribution < -0.4 is 15.0 Å². The van der Waals surface area contributed by atoms with Gasteiger partial charge in [-0.3, -0.25) is 9.59 Å². The number of carbonyl (C=O) groups is 3. The van der Waals surface area contributed by atoms with E-state index in [1.54, 1.807) is 45.2 Å². The van der Waals surface area contributed by atoms with Gasteiger partial charge in [-0.15, -0.1) is 0 Å². The van der Waals surface area contributed by atoms with Crippen molar-refractivity contribution in [3.8, 4) is 16.9 Å². The molecule has 0 radical (unpaired) electrons. The largest absolute Gasteiger partial charge is 0.497 e. The minimum absolute atomic E-state index is 0.0680. The van der Waals surface area contributed by atoms with Crippen LogP contribution >= 0.6 is 0 Å². The van der Waals surface area contributed by atoms with Crippen LogP contribution in [0, 0.1) is 6.92 Å². The number of aromatic amines is 1. The van der Waals surface area contributed by atoms with E-state index in [0.29, 0.717) is 29.1 Å². The number of hydrogen-bond donors (Lipinski definition) is 3. The van der Waals surface area contributed by atoms with Crippen molar-refractivity contribution >= 4 is 17.7 Å². The number of quaternary nitrogens is 1. The van der Waals surface area contributed by atoms with Gasteiger partial charge in [0.2, 0.25) is 0 Å². The van der Waals surface area contributed by atoms with Crippen molar-refractivity contribution in [2.75, 3.05) is 39.9 Å². The third-order valence-electron chi connectivity index (χ3n) is 5.24. The minimum atomic E-state index is -0.723. The molecule has 2 aromatic rings. The highest BCUT2D eigenvalue weighted by Gasteiger charge is 2.29. The van der Waals surface area contributed by atoms with Gasteiger partial charge in [-0.1, -0.05) is 12.1 Å². The van der Waals surface area contributed by atoms with Crippen LogP contribution in [0.1, 0.15) is 47.3 Å². The standard InChI is InChI=1S/C23H31N3O5/c1-6-26(7-2)14-13-24-22(28)21(27)20-19(16-9-11-17(30-5)12-10-16)18(15(4)25-20)23(29)31-8-3/h9-12,25H,6-8,13-14H2,1-5H3,(H,24,28)/p+1. The molecule has 8 heteroatoms. The van der Waals surface area contributed by atoms with Crippen LogP contribution in [0.4, 0.5) is 0 Å². The molecule has 1 aromatic carbocycles. The number of rotatable bonds is 11. The fraction of sp³-hybridized carbons (Fsp3) is 0.435. The molecule has 0 unspecified atom stereocenters. The van der Waals surface area contributed by atoms with E-state index in [1.165, 1.54) is 4.90 Å². The first-order valence-electron chi connectivity index (χ1n) is 10.6. The van der Waals surface area contributed by atoms with Crippen molar-refractivity contribution < 1.29 is 28.8 Å². The van der Waals surface area contributed by atoms with Gasteiger partial charge in [0.25, 0.3) is 11.7 Å². The predicted octanol–water partition coefficient (Wildman–Crippen LogP) is 1.40. The summed E-state index contributed by atoms with van der Waals surface area (Å²) in [5, 5.41) is 2.69. The van der Waals surface area contributed by atoms with E-state index in [-0.39, 0.29) is 17.9 Å². The molecule has 0 bridgehead atoms. The summed E-state index contributed by atoms with van der Waals surface area (Å²) < 4.78 is 10.4. The van der Waals surface area contributed by atoms with Gasteiger partial charge in [-0.2, -0.15) is 0 Å². The maximum absolute atomic E-state index is 13.0. The molecule has 1 heterocycles. The number of amides is 1. The topological polar surface area (TPSA) is 102 Å². The minimum Gasteiger partial charge on any atom is -0.497 e. The molecule has 2 rings (SSSR count). The summed E-state index contributed by atoms with van der Waals surface area (Å²) >= 11 is 0. The second-order valence-electron chi connectivity index (χ2n) is 7.12. The van der Waals surface area contributed by atoms with Gasteiger partial charge in [0.15, 0.2) is 0 Å². The molecule has 8 nitrogen and oxygen atoms in total. The quantitative estimate of drug-likeness (QED) is 0.284. The molecule has 0 saturated heterocycles. The number of nitrogens with one attached hydrogen (secondary N) is 3. The molecule has 0 saturated carbocycles. The van der Waals surface area contributed by atoms with E-state index in [0.717, 1.165) is 19.6 Å². The average molecular weight is 431 g/mol. The SMILES string of the molecule is CCOC(=O)c1c(C)[nH]c(C(=O)C(=O)NCC[NH+](CC)CC)c1-c1ccc(OC)cc1. The van der Waals surface area contributed by atoms with Gasteiger partial charge in [0, 0.05) is 11.3 Å². The first-order valence-corrected chi connectivity index (χ1v) is 10.6. The zero-order valence-corrected chi connectivity index (χ0v) is 18.9. The molecular weight excluding hydrogens is 398 g/mol. The lowest BCUT2D eigenvalue weighted by atomic mass is 9.98. The number of esters is 1. The van der Waals surface area contributed by atoms with E-state index in [2.05, 4.69) is 24.1 Å². The first-order chi connectivity index (χ1) is 14.9. The Morgan fingerprint density at radius 1 is 1.06 bits per heavy atom. The first kappa shape index (κ1) is 24.1. The molecule has 1 amide bonds. The molecule has 0 aliphatic heterocycles. The number of aryl methyl sites for hydroxylation is 1. The summed E-state index contributed by atoms with van der Waals surface area (Å²) in [4.78, 5) is 42.5. The third kappa shape index (κ3) is 5.73. The van der Waals surface area contributed by atoms with E-state index in [1.807, 2.05) is 0 Å². The number of benzene rings is 1. The number of H-pyrrole nitrogens is 1. The smallest absolute Gasteiger partial charge is 0.340 e. The summed E-state index contributed by atoms with van der Waals surface area (Å²) in [7, 11) is 1.55. The van der Waals surface area contributed by atoms with Gasteiger partial charge < -0.3 is 24.7 Å². The van der Waals surface area contributed by atoms with Crippen LogP contribution in [0.3, 0.4) is 0 Å². The zero-order valence-electron chi connectivity index (χ0n) is 18.9. The van der Waals surface area contributed by atoms with Crippen LogP contribution in [-0.2, 0) is 9.53 Å². The fourth-order valence-electron chi connectivity index (χ4n) is 3.45. The number of Topliss-reactive ketones (excluding diaryl/α,β-unsaturated/α-hetero) is 1. The molecule has 0 fully saturated rings. The Labute approximate surface area is 182 Å². The maximum atomic E-state index is 13.0. The van der Waals surface area contributed by atoms with Crippen LogP contribution in [0.15, 0.2) is 24.3 Å². The summed E-state index contributed by atoms with van der Waals surface area (Å²) in [5.41, 5.74) is 1.74. The Morgan fingerprint density at radius 2 is 1.71 bits per heavy atom. The zero-order chi connectivity index (χ0) is 23.0. The molecule has 1 aromatic heterocycles. The van der Waals surface area contributed by atoms with Gasteiger partial charge in [-0.25, -0.2) is 4.79 Å². The van der Waals surface area contributed by atoms with Crippen LogP contribution in [0.25, 0.3) is 11.1 Å². The van der Waals surface area contributed by atoms with Crippen LogP contribution in [-0.4, -0.2) is 62.5 Å². The van der Waals surface area contributed by atoms with Crippen molar-refractivity contribution in [3.05, 3.63) is 41.2 Å². The molecule has 0 aliphatic carbocycles. The lowest BCUT2D eigenvalue weighted by Gasteiger charge is -2.15. The van der Waals surface area contributed by atoms with E-state index in [9.17, 15) is 14.4 Å². The molecule has 31 heavy (non-hydrogen) atoms. The maximum Gasteiger partial charge on any atom is 0.340 e. The Morgan fingerprint density at radius 3 is 2.26 bits per heavy atom. The summed E-state index contributed by atoms with van der Waals surface area (Å²) in [6.45, 7) is 10.8. The molecular formula is C23H32N3O5+. The molecule has 0 aliphatic rings. The Bertz CT molecular complexity index is 914. The molecule has 0 spiro atoms. The number of methoxy groups -OCH3 is 1. The van der Waals surface area contributed by atoms with Gasteiger partial charge in [0.05, 0.1) is 45.5 Å². The molecule has 3 N–H and O–H groups in total. The second kappa shape index (κ2) is 11.3. The van der Waals surface area contributed by atoms with Crippen LogP contribution in [0.5, 0.6) is 5.75 Å². The normalized spacial score (nSPS) is 10.8. The van der Waals surface area contributed by atoms with E-state index in [4.69, 9.17) is 9.47 Å². The summed E-state index contributed by atoms with van der Waals surface area (Å²) in [6, 6.07) is 6.94. The fourth-order valence-corrected chi connectivity index (χ4v) is 3.45. The second-order valence-corrected chi connectivity index (χ2v) is 7.12. The lowest BCUT2D eigenvalue weighted by molar-refractivity contribution is -0.895. The van der Waals surface area contributed by atoms with Gasteiger partial charge in [0.1, 0.15) is 11.4 Å². The van der Waals surface area contributed by atoms with E-state index >= 15 is 0 Å². The monoisotopic (exact) mass is 430 g/mol. The molecule has 0 atom stereocenters. The predicted molar refractivity (Wildman–Crippen MR) is 118 cm³/mol. The van der Waals surface area contributed by atoms with Crippen molar-refractivity contribution in [2.24, 2.45) is 0 Å². The number of aromatic nitrogens is 1. The highest BCUT2D eigenvalue weighted by molar-refractivity contribution is 6.43.